The molecule has 1 atom stereocenters. The standard InChI is InChI=1S/C14H16BrClN4OS/c1-3-20-13(17-12(21)9(2)15)18-19-14(20)22-8-10-6-4-5-7-11(10)16/h4-7,9H,3,8H2,1-2H3,(H,17,18,21). The van der Waals surface area contributed by atoms with Crippen molar-refractivity contribution in [3.8, 4) is 0 Å². The van der Waals surface area contributed by atoms with Crippen LogP contribution in [0.4, 0.5) is 5.95 Å². The van der Waals surface area contributed by atoms with Gasteiger partial charge in [0.15, 0.2) is 5.16 Å². The van der Waals surface area contributed by atoms with Gasteiger partial charge in [-0.2, -0.15) is 0 Å². The molecule has 0 spiro atoms. The van der Waals surface area contributed by atoms with Crippen LogP contribution in [0.25, 0.3) is 0 Å². The molecule has 0 radical (unpaired) electrons. The van der Waals surface area contributed by atoms with Crippen LogP contribution in [0, 0.1) is 0 Å². The molecule has 0 aliphatic rings. The summed E-state index contributed by atoms with van der Waals surface area (Å²) < 4.78 is 1.87. The summed E-state index contributed by atoms with van der Waals surface area (Å²) in [5.74, 6) is 1.01. The minimum absolute atomic E-state index is 0.148. The highest BCUT2D eigenvalue weighted by Crippen LogP contribution is 2.27. The maximum absolute atomic E-state index is 11.8. The van der Waals surface area contributed by atoms with Crippen LogP contribution in [0.3, 0.4) is 0 Å². The van der Waals surface area contributed by atoms with Crippen molar-refractivity contribution in [3.63, 3.8) is 0 Å². The first kappa shape index (κ1) is 17.3. The van der Waals surface area contributed by atoms with Gasteiger partial charge in [0.25, 0.3) is 0 Å². The number of anilines is 1. The molecule has 1 amide bonds. The van der Waals surface area contributed by atoms with Crippen LogP contribution in [0.2, 0.25) is 5.02 Å². The van der Waals surface area contributed by atoms with E-state index in [0.29, 0.717) is 18.2 Å². The highest BCUT2D eigenvalue weighted by Gasteiger charge is 2.16. The Bertz CT molecular complexity index is 662. The second kappa shape index (κ2) is 7.99. The van der Waals surface area contributed by atoms with E-state index in [2.05, 4.69) is 31.4 Å². The van der Waals surface area contributed by atoms with Crippen molar-refractivity contribution in [3.05, 3.63) is 34.9 Å². The first-order valence-electron chi connectivity index (χ1n) is 6.77. The second-order valence-electron chi connectivity index (χ2n) is 4.54. The lowest BCUT2D eigenvalue weighted by atomic mass is 10.2. The number of thioether (sulfide) groups is 1. The molecule has 118 valence electrons. The molecule has 22 heavy (non-hydrogen) atoms. The van der Waals surface area contributed by atoms with Gasteiger partial charge < -0.3 is 0 Å². The molecule has 2 rings (SSSR count). The van der Waals surface area contributed by atoms with E-state index >= 15 is 0 Å². The Balaban J connectivity index is 2.10. The van der Waals surface area contributed by atoms with Crippen molar-refractivity contribution in [2.75, 3.05) is 5.32 Å². The normalized spacial score (nSPS) is 12.2. The molecule has 5 nitrogen and oxygen atoms in total. The molecule has 1 heterocycles. The van der Waals surface area contributed by atoms with Crippen LogP contribution in [-0.4, -0.2) is 25.5 Å². The molecular formula is C14H16BrClN4OS. The molecular weight excluding hydrogens is 388 g/mol. The zero-order chi connectivity index (χ0) is 16.1. The fourth-order valence-electron chi connectivity index (χ4n) is 1.74. The maximum atomic E-state index is 11.8. The Labute approximate surface area is 147 Å². The number of amides is 1. The Morgan fingerprint density at radius 2 is 2.18 bits per heavy atom. The summed E-state index contributed by atoms with van der Waals surface area (Å²) in [6.07, 6.45) is 0. The van der Waals surface area contributed by atoms with Gasteiger partial charge in [-0.15, -0.1) is 10.2 Å². The number of nitrogens with zero attached hydrogens (tertiary/aromatic N) is 3. The molecule has 0 saturated carbocycles. The van der Waals surface area contributed by atoms with E-state index in [1.165, 1.54) is 11.8 Å². The minimum atomic E-state index is -0.284. The highest BCUT2D eigenvalue weighted by atomic mass is 79.9. The number of alkyl halides is 1. The monoisotopic (exact) mass is 402 g/mol. The molecule has 0 aliphatic carbocycles. The number of carbonyl (C=O) groups excluding carboxylic acids is 1. The molecule has 0 aliphatic heterocycles. The van der Waals surface area contributed by atoms with Gasteiger partial charge in [-0.25, -0.2) is 0 Å². The zero-order valence-corrected chi connectivity index (χ0v) is 15.4. The smallest absolute Gasteiger partial charge is 0.240 e. The SMILES string of the molecule is CCn1c(NC(=O)C(C)Br)nnc1SCc1ccccc1Cl. The number of benzene rings is 1. The molecule has 0 fully saturated rings. The van der Waals surface area contributed by atoms with E-state index in [0.717, 1.165) is 15.7 Å². The van der Waals surface area contributed by atoms with Crippen LogP contribution >= 0.6 is 39.3 Å². The third-order valence-corrected chi connectivity index (χ3v) is 4.74. The van der Waals surface area contributed by atoms with E-state index in [1.54, 1.807) is 6.92 Å². The molecule has 1 aromatic heterocycles. The van der Waals surface area contributed by atoms with E-state index < -0.39 is 0 Å². The molecule has 0 bridgehead atoms. The van der Waals surface area contributed by atoms with Crippen molar-refractivity contribution in [1.82, 2.24) is 14.8 Å². The summed E-state index contributed by atoms with van der Waals surface area (Å²) in [7, 11) is 0. The van der Waals surface area contributed by atoms with Crippen molar-refractivity contribution in [2.24, 2.45) is 0 Å². The number of nitrogens with one attached hydrogen (secondary N) is 1. The Morgan fingerprint density at radius 1 is 1.45 bits per heavy atom. The lowest BCUT2D eigenvalue weighted by molar-refractivity contribution is -0.115. The summed E-state index contributed by atoms with van der Waals surface area (Å²) in [6.45, 7) is 4.41. The Hall–Kier alpha value is -1.05. The molecule has 0 saturated heterocycles. The van der Waals surface area contributed by atoms with Crippen LogP contribution in [-0.2, 0) is 17.1 Å². The Kier molecular flexibility index (Phi) is 6.28. The molecule has 8 heteroatoms. The first-order chi connectivity index (χ1) is 10.5. The summed E-state index contributed by atoms with van der Waals surface area (Å²) in [5, 5.41) is 12.4. The predicted molar refractivity (Wildman–Crippen MR) is 93.7 cm³/mol. The van der Waals surface area contributed by atoms with E-state index in [4.69, 9.17) is 11.6 Å². The van der Waals surface area contributed by atoms with Gasteiger partial charge in [-0.1, -0.05) is 57.5 Å². The van der Waals surface area contributed by atoms with Crippen molar-refractivity contribution >= 4 is 51.1 Å². The van der Waals surface area contributed by atoms with Crippen molar-refractivity contribution in [1.29, 1.82) is 0 Å². The average Bonchev–Trinajstić information content (AvgIpc) is 2.88. The number of halogens is 2. The number of rotatable bonds is 6. The third kappa shape index (κ3) is 4.24. The van der Waals surface area contributed by atoms with Crippen molar-refractivity contribution in [2.45, 2.75) is 36.1 Å². The minimum Gasteiger partial charge on any atom is -0.294 e. The van der Waals surface area contributed by atoms with Crippen LogP contribution in [0.15, 0.2) is 29.4 Å². The number of hydrogen-bond acceptors (Lipinski definition) is 4. The topological polar surface area (TPSA) is 59.8 Å². The van der Waals surface area contributed by atoms with Crippen molar-refractivity contribution < 1.29 is 4.79 Å². The van der Waals surface area contributed by atoms with Crippen LogP contribution in [0.5, 0.6) is 0 Å². The second-order valence-corrected chi connectivity index (χ2v) is 7.26. The third-order valence-electron chi connectivity index (χ3n) is 2.94. The van der Waals surface area contributed by atoms with Gasteiger partial charge in [0.2, 0.25) is 11.9 Å². The molecule has 1 N–H and O–H groups in total. The molecule has 1 unspecified atom stereocenters. The predicted octanol–water partition coefficient (Wildman–Crippen LogP) is 3.97. The Morgan fingerprint density at radius 3 is 2.82 bits per heavy atom. The van der Waals surface area contributed by atoms with Gasteiger partial charge >= 0.3 is 0 Å². The van der Waals surface area contributed by atoms with Gasteiger partial charge in [0.05, 0.1) is 4.83 Å². The molecule has 2 aromatic rings. The fraction of sp³-hybridized carbons (Fsp3) is 0.357. The lowest BCUT2D eigenvalue weighted by Gasteiger charge is -2.09. The van der Waals surface area contributed by atoms with Gasteiger partial charge in [-0.3, -0.25) is 14.7 Å². The number of aromatic nitrogens is 3. The summed E-state index contributed by atoms with van der Waals surface area (Å²) >= 11 is 10.9. The largest absolute Gasteiger partial charge is 0.294 e. The fourth-order valence-corrected chi connectivity index (χ4v) is 3.14. The summed E-state index contributed by atoms with van der Waals surface area (Å²) in [4.78, 5) is 11.5. The summed E-state index contributed by atoms with van der Waals surface area (Å²) in [5.41, 5.74) is 1.04. The average molecular weight is 404 g/mol. The van der Waals surface area contributed by atoms with E-state index in [1.807, 2.05) is 35.8 Å². The number of hydrogen-bond donors (Lipinski definition) is 1. The van der Waals surface area contributed by atoms with Crippen LogP contribution < -0.4 is 5.32 Å². The zero-order valence-electron chi connectivity index (χ0n) is 12.2. The number of carbonyl (C=O) groups is 1. The van der Waals surface area contributed by atoms with Gasteiger partial charge in [-0.05, 0) is 25.5 Å². The van der Waals surface area contributed by atoms with E-state index in [-0.39, 0.29) is 10.7 Å². The summed E-state index contributed by atoms with van der Waals surface area (Å²) in [6, 6.07) is 7.71. The maximum Gasteiger partial charge on any atom is 0.240 e. The highest BCUT2D eigenvalue weighted by molar-refractivity contribution is 9.10. The lowest BCUT2D eigenvalue weighted by Crippen LogP contribution is -2.22. The van der Waals surface area contributed by atoms with Gasteiger partial charge in [0.1, 0.15) is 0 Å². The van der Waals surface area contributed by atoms with Crippen LogP contribution in [0.1, 0.15) is 19.4 Å². The van der Waals surface area contributed by atoms with Gasteiger partial charge in [0, 0.05) is 17.3 Å². The first-order valence-corrected chi connectivity index (χ1v) is 9.05. The molecule has 1 aromatic carbocycles. The van der Waals surface area contributed by atoms with E-state index in [9.17, 15) is 4.79 Å². The quantitative estimate of drug-likeness (QED) is 0.586.